The Morgan fingerprint density at radius 1 is 1.18 bits per heavy atom. The highest BCUT2D eigenvalue weighted by atomic mass is 16.2. The molecule has 28 heavy (non-hydrogen) atoms. The van der Waals surface area contributed by atoms with E-state index in [0.29, 0.717) is 5.69 Å². The number of rotatable bonds is 5. The van der Waals surface area contributed by atoms with Gasteiger partial charge < -0.3 is 14.8 Å². The second kappa shape index (κ2) is 8.61. The molecular weight excluding hydrogens is 352 g/mol. The van der Waals surface area contributed by atoms with E-state index in [0.717, 1.165) is 30.6 Å². The van der Waals surface area contributed by atoms with Gasteiger partial charge in [0.1, 0.15) is 5.69 Å². The van der Waals surface area contributed by atoms with E-state index in [1.165, 1.54) is 18.5 Å². The van der Waals surface area contributed by atoms with Crippen LogP contribution in [0.25, 0.3) is 0 Å². The van der Waals surface area contributed by atoms with Crippen LogP contribution in [0.3, 0.4) is 0 Å². The van der Waals surface area contributed by atoms with Crippen LogP contribution in [-0.2, 0) is 13.6 Å². The summed E-state index contributed by atoms with van der Waals surface area (Å²) in [6.45, 7) is 1.80. The fourth-order valence-corrected chi connectivity index (χ4v) is 4.03. The minimum Gasteiger partial charge on any atom is -0.354 e. The van der Waals surface area contributed by atoms with E-state index in [2.05, 4.69) is 22.3 Å². The molecule has 1 aromatic heterocycles. The molecule has 6 heteroatoms. The Morgan fingerprint density at radius 3 is 2.68 bits per heavy atom. The monoisotopic (exact) mass is 382 g/mol. The molecule has 1 aliphatic heterocycles. The van der Waals surface area contributed by atoms with E-state index in [9.17, 15) is 9.59 Å². The summed E-state index contributed by atoms with van der Waals surface area (Å²) in [4.78, 5) is 28.4. The number of carbonyl (C=O) groups excluding carboxylic acids is 2. The van der Waals surface area contributed by atoms with Gasteiger partial charge in [0.05, 0.1) is 6.04 Å². The van der Waals surface area contributed by atoms with Gasteiger partial charge in [-0.25, -0.2) is 0 Å². The van der Waals surface area contributed by atoms with E-state index in [1.54, 1.807) is 26.0 Å². The molecule has 1 aliphatic rings. The molecule has 1 fully saturated rings. The zero-order valence-electron chi connectivity index (χ0n) is 17.2. The Bertz CT molecular complexity index is 856. The Labute approximate surface area is 167 Å². The summed E-state index contributed by atoms with van der Waals surface area (Å²) < 4.78 is 2.01. The van der Waals surface area contributed by atoms with E-state index in [1.807, 2.05) is 35.9 Å². The number of likely N-dealkylation sites (tertiary alicyclic amines) is 1. The van der Waals surface area contributed by atoms with Crippen molar-refractivity contribution in [2.45, 2.75) is 31.8 Å². The van der Waals surface area contributed by atoms with E-state index >= 15 is 0 Å². The van der Waals surface area contributed by atoms with Crippen molar-refractivity contribution in [1.29, 1.82) is 0 Å². The van der Waals surface area contributed by atoms with Gasteiger partial charge in [-0.1, -0.05) is 18.6 Å². The van der Waals surface area contributed by atoms with Gasteiger partial charge in [-0.05, 0) is 49.2 Å². The number of amides is 2. The largest absolute Gasteiger partial charge is 0.354 e. The first-order valence-corrected chi connectivity index (χ1v) is 9.84. The number of piperidine rings is 1. The van der Waals surface area contributed by atoms with Gasteiger partial charge in [-0.2, -0.15) is 0 Å². The first kappa shape index (κ1) is 20.1. The molecule has 2 heterocycles. The molecule has 1 atom stereocenters. The molecule has 3 rings (SSSR count). The minimum atomic E-state index is -0.0639. The third-order valence-electron chi connectivity index (χ3n) is 5.54. The second-order valence-electron chi connectivity index (χ2n) is 7.66. The van der Waals surface area contributed by atoms with Crippen molar-refractivity contribution in [1.82, 2.24) is 19.7 Å². The molecule has 1 N–H and O–H groups in total. The zero-order valence-corrected chi connectivity index (χ0v) is 17.2. The molecule has 0 spiro atoms. The van der Waals surface area contributed by atoms with Crippen molar-refractivity contribution in [2.75, 3.05) is 27.7 Å². The molecule has 2 aromatic rings. The van der Waals surface area contributed by atoms with Gasteiger partial charge in [0, 0.05) is 46.0 Å². The highest BCUT2D eigenvalue weighted by molar-refractivity contribution is 5.94. The van der Waals surface area contributed by atoms with Gasteiger partial charge in [0.25, 0.3) is 11.8 Å². The van der Waals surface area contributed by atoms with Gasteiger partial charge in [0.15, 0.2) is 0 Å². The van der Waals surface area contributed by atoms with Crippen molar-refractivity contribution in [2.24, 2.45) is 7.05 Å². The Hall–Kier alpha value is -2.60. The number of benzene rings is 1. The average Bonchev–Trinajstić information content (AvgIpc) is 3.08. The predicted molar refractivity (Wildman–Crippen MR) is 110 cm³/mol. The maximum Gasteiger partial charge on any atom is 0.267 e. The second-order valence-corrected chi connectivity index (χ2v) is 7.66. The number of hydrogen-bond donors (Lipinski definition) is 1. The Kier molecular flexibility index (Phi) is 6.19. The molecular formula is C22H30N4O2. The molecule has 150 valence electrons. The van der Waals surface area contributed by atoms with Crippen LogP contribution in [-0.4, -0.2) is 53.9 Å². The van der Waals surface area contributed by atoms with Gasteiger partial charge in [-0.3, -0.25) is 14.5 Å². The normalized spacial score (nSPS) is 17.4. The van der Waals surface area contributed by atoms with E-state index in [-0.39, 0.29) is 17.9 Å². The van der Waals surface area contributed by atoms with Crippen LogP contribution in [0, 0.1) is 0 Å². The van der Waals surface area contributed by atoms with Crippen molar-refractivity contribution in [3.8, 4) is 0 Å². The highest BCUT2D eigenvalue weighted by Gasteiger charge is 2.27. The smallest absolute Gasteiger partial charge is 0.267 e. The summed E-state index contributed by atoms with van der Waals surface area (Å²) in [5, 5.41) is 2.71. The summed E-state index contributed by atoms with van der Waals surface area (Å²) in [5.41, 5.74) is 3.71. The lowest BCUT2D eigenvalue weighted by Crippen LogP contribution is -2.34. The molecule has 2 amide bonds. The fraction of sp³-hybridized carbons (Fsp3) is 0.455. The zero-order chi connectivity index (χ0) is 20.3. The molecule has 1 saturated heterocycles. The highest BCUT2D eigenvalue weighted by Crippen LogP contribution is 2.33. The lowest BCUT2D eigenvalue weighted by atomic mass is 9.98. The summed E-state index contributed by atoms with van der Waals surface area (Å²) in [7, 11) is 7.16. The Morgan fingerprint density at radius 2 is 1.96 bits per heavy atom. The lowest BCUT2D eigenvalue weighted by molar-refractivity contribution is 0.0827. The van der Waals surface area contributed by atoms with Crippen molar-refractivity contribution in [3.05, 3.63) is 58.9 Å². The molecule has 1 aromatic carbocycles. The number of hydrogen-bond acceptors (Lipinski definition) is 3. The predicted octanol–water partition coefficient (Wildman–Crippen LogP) is 2.81. The van der Waals surface area contributed by atoms with Gasteiger partial charge in [-0.15, -0.1) is 0 Å². The average molecular weight is 383 g/mol. The SMILES string of the molecule is CNC(=O)c1ccc([C@H]2CCCCN2Cc2cccc(C(=O)N(C)C)c2)n1C. The summed E-state index contributed by atoms with van der Waals surface area (Å²) in [6, 6.07) is 12.1. The fourth-order valence-electron chi connectivity index (χ4n) is 4.03. The van der Waals surface area contributed by atoms with Crippen LogP contribution in [0.1, 0.15) is 57.4 Å². The van der Waals surface area contributed by atoms with E-state index < -0.39 is 0 Å². The molecule has 0 aliphatic carbocycles. The van der Waals surface area contributed by atoms with Crippen LogP contribution < -0.4 is 5.32 Å². The van der Waals surface area contributed by atoms with Crippen LogP contribution >= 0.6 is 0 Å². The third kappa shape index (κ3) is 4.12. The number of nitrogens with one attached hydrogen (secondary N) is 1. The standard InChI is InChI=1S/C22H30N4O2/c1-23-21(27)20-12-11-18(25(20)4)19-10-5-6-13-26(19)15-16-8-7-9-17(14-16)22(28)24(2)3/h7-9,11-12,14,19H,5-6,10,13,15H2,1-4H3,(H,23,27)/t19-/m1/s1. The van der Waals surface area contributed by atoms with Gasteiger partial charge in [0.2, 0.25) is 0 Å². The Balaban J connectivity index is 1.83. The maximum absolute atomic E-state index is 12.3. The summed E-state index contributed by atoms with van der Waals surface area (Å²) in [6.07, 6.45) is 3.42. The number of nitrogens with zero attached hydrogens (tertiary/aromatic N) is 3. The molecule has 0 saturated carbocycles. The molecule has 6 nitrogen and oxygen atoms in total. The first-order valence-electron chi connectivity index (χ1n) is 9.84. The lowest BCUT2D eigenvalue weighted by Gasteiger charge is -2.36. The summed E-state index contributed by atoms with van der Waals surface area (Å²) >= 11 is 0. The molecule has 0 bridgehead atoms. The van der Waals surface area contributed by atoms with Crippen molar-refractivity contribution < 1.29 is 9.59 Å². The van der Waals surface area contributed by atoms with E-state index in [4.69, 9.17) is 0 Å². The number of aromatic nitrogens is 1. The van der Waals surface area contributed by atoms with Crippen molar-refractivity contribution >= 4 is 11.8 Å². The quantitative estimate of drug-likeness (QED) is 0.865. The number of carbonyl (C=O) groups is 2. The van der Waals surface area contributed by atoms with Gasteiger partial charge >= 0.3 is 0 Å². The van der Waals surface area contributed by atoms with Crippen LogP contribution in [0.5, 0.6) is 0 Å². The van der Waals surface area contributed by atoms with Crippen LogP contribution in [0.2, 0.25) is 0 Å². The topological polar surface area (TPSA) is 57.6 Å². The third-order valence-corrected chi connectivity index (χ3v) is 5.54. The van der Waals surface area contributed by atoms with Crippen LogP contribution in [0.4, 0.5) is 0 Å². The van der Waals surface area contributed by atoms with Crippen LogP contribution in [0.15, 0.2) is 36.4 Å². The molecule has 0 unspecified atom stereocenters. The summed E-state index contributed by atoms with van der Waals surface area (Å²) in [5.74, 6) is -0.0410. The van der Waals surface area contributed by atoms with Crippen molar-refractivity contribution in [3.63, 3.8) is 0 Å². The molecule has 0 radical (unpaired) electrons. The minimum absolute atomic E-state index is 0.0229. The maximum atomic E-state index is 12.3. The first-order chi connectivity index (χ1) is 13.4.